The van der Waals surface area contributed by atoms with E-state index in [1.54, 1.807) is 0 Å². The zero-order valence-corrected chi connectivity index (χ0v) is 13.0. The van der Waals surface area contributed by atoms with Gasteiger partial charge in [0.25, 0.3) is 0 Å². The molecule has 1 saturated heterocycles. The third-order valence-corrected chi connectivity index (χ3v) is 3.97. The minimum Gasteiger partial charge on any atom is -0.418 e. The second-order valence-electron chi connectivity index (χ2n) is 5.80. The van der Waals surface area contributed by atoms with Crippen LogP contribution in [0, 0.1) is 0 Å². The van der Waals surface area contributed by atoms with Crippen molar-refractivity contribution < 1.29 is 22.3 Å². The molecule has 0 spiro atoms. The fraction of sp³-hybridized carbons (Fsp3) is 0.222. The molecule has 4 nitrogen and oxygen atoms in total. The zero-order chi connectivity index (χ0) is 17.4. The molecule has 0 radical (unpaired) electrons. The van der Waals surface area contributed by atoms with Crippen molar-refractivity contribution in [3.63, 3.8) is 0 Å². The average molecular weight is 346 g/mol. The number of halogens is 3. The number of rotatable bonds is 4. The van der Waals surface area contributed by atoms with E-state index in [9.17, 15) is 13.2 Å². The van der Waals surface area contributed by atoms with E-state index in [-0.39, 0.29) is 6.10 Å². The highest BCUT2D eigenvalue weighted by molar-refractivity contribution is 5.59. The van der Waals surface area contributed by atoms with Crippen molar-refractivity contribution in [3.8, 4) is 11.5 Å². The Morgan fingerprint density at radius 2 is 1.72 bits per heavy atom. The molecule has 2 heterocycles. The third-order valence-electron chi connectivity index (χ3n) is 3.97. The van der Waals surface area contributed by atoms with Crippen molar-refractivity contribution in [3.05, 3.63) is 71.1 Å². The Hall–Kier alpha value is -2.67. The molecule has 1 fully saturated rings. The molecule has 1 aliphatic rings. The van der Waals surface area contributed by atoms with Gasteiger partial charge in [0.2, 0.25) is 11.8 Å². The maximum absolute atomic E-state index is 12.7. The minimum atomic E-state index is -4.33. The van der Waals surface area contributed by atoms with E-state index in [2.05, 4.69) is 10.2 Å². The average Bonchev–Trinajstić information content (AvgIpc) is 3.33. The summed E-state index contributed by atoms with van der Waals surface area (Å²) in [5.41, 5.74) is 1.78. The molecule has 1 aromatic heterocycles. The molecule has 0 bridgehead atoms. The lowest BCUT2D eigenvalue weighted by molar-refractivity contribution is -0.137. The molecule has 25 heavy (non-hydrogen) atoms. The normalized spacial score (nSPS) is 16.8. The highest BCUT2D eigenvalue weighted by Crippen LogP contribution is 2.33. The van der Waals surface area contributed by atoms with Gasteiger partial charge in [0.1, 0.15) is 0 Å². The van der Waals surface area contributed by atoms with Gasteiger partial charge in [-0.05, 0) is 35.7 Å². The van der Waals surface area contributed by atoms with Gasteiger partial charge in [-0.25, -0.2) is 0 Å². The lowest BCUT2D eigenvalue weighted by Crippen LogP contribution is -2.04. The Morgan fingerprint density at radius 1 is 1.00 bits per heavy atom. The lowest BCUT2D eigenvalue weighted by atomic mass is 9.99. The van der Waals surface area contributed by atoms with Crippen LogP contribution >= 0.6 is 0 Å². The predicted molar refractivity (Wildman–Crippen MR) is 82.7 cm³/mol. The molecular formula is C18H13F3N2O2. The maximum atomic E-state index is 12.7. The predicted octanol–water partition coefficient (Wildman–Crippen LogP) is 4.42. The van der Waals surface area contributed by atoms with Crippen molar-refractivity contribution in [2.45, 2.75) is 18.7 Å². The first-order chi connectivity index (χ1) is 12.0. The Kier molecular flexibility index (Phi) is 3.80. The first-order valence-electron chi connectivity index (χ1n) is 7.70. The SMILES string of the molecule is FC(F)(F)c1ccc(Cc2ccccc2-c2nnc(C3CO3)o2)cc1. The largest absolute Gasteiger partial charge is 0.418 e. The second kappa shape index (κ2) is 6.00. The Bertz CT molecular complexity index is 884. The van der Waals surface area contributed by atoms with Crippen LogP contribution in [0.15, 0.2) is 52.9 Å². The number of hydrogen-bond acceptors (Lipinski definition) is 4. The van der Waals surface area contributed by atoms with Gasteiger partial charge in [0, 0.05) is 5.56 Å². The quantitative estimate of drug-likeness (QED) is 0.656. The standard InChI is InChI=1S/C18H13F3N2O2/c19-18(20,21)13-7-5-11(6-8-13)9-12-3-1-2-4-14(12)16-22-23-17(25-16)15-10-24-15/h1-8,15H,9-10H2. The van der Waals surface area contributed by atoms with Crippen LogP contribution in [0.3, 0.4) is 0 Å². The summed E-state index contributed by atoms with van der Waals surface area (Å²) in [6, 6.07) is 12.6. The van der Waals surface area contributed by atoms with E-state index in [1.807, 2.05) is 24.3 Å². The van der Waals surface area contributed by atoms with Crippen LogP contribution in [0.5, 0.6) is 0 Å². The van der Waals surface area contributed by atoms with Crippen molar-refractivity contribution >= 4 is 0 Å². The van der Waals surface area contributed by atoms with E-state index < -0.39 is 11.7 Å². The Morgan fingerprint density at radius 3 is 2.40 bits per heavy atom. The maximum Gasteiger partial charge on any atom is 0.416 e. The van der Waals surface area contributed by atoms with Crippen molar-refractivity contribution in [2.24, 2.45) is 0 Å². The molecule has 0 amide bonds. The van der Waals surface area contributed by atoms with Gasteiger partial charge >= 0.3 is 6.18 Å². The van der Waals surface area contributed by atoms with Crippen LogP contribution in [0.4, 0.5) is 13.2 Å². The number of hydrogen-bond donors (Lipinski definition) is 0. The van der Waals surface area contributed by atoms with Crippen molar-refractivity contribution in [1.82, 2.24) is 10.2 Å². The lowest BCUT2D eigenvalue weighted by Gasteiger charge is -2.09. The molecule has 4 rings (SSSR count). The number of alkyl halides is 3. The van der Waals surface area contributed by atoms with Gasteiger partial charge in [-0.3, -0.25) is 0 Å². The number of ether oxygens (including phenoxy) is 1. The fourth-order valence-electron chi connectivity index (χ4n) is 2.58. The zero-order valence-electron chi connectivity index (χ0n) is 13.0. The van der Waals surface area contributed by atoms with E-state index in [0.717, 1.165) is 28.8 Å². The number of aromatic nitrogens is 2. The Balaban J connectivity index is 1.60. The summed E-state index contributed by atoms with van der Waals surface area (Å²) >= 11 is 0. The smallest absolute Gasteiger partial charge is 0.416 e. The molecule has 0 aliphatic carbocycles. The van der Waals surface area contributed by atoms with Crippen LogP contribution in [-0.2, 0) is 17.3 Å². The van der Waals surface area contributed by atoms with Crippen LogP contribution in [-0.4, -0.2) is 16.8 Å². The van der Waals surface area contributed by atoms with Crippen LogP contribution in [0.25, 0.3) is 11.5 Å². The number of nitrogens with zero attached hydrogens (tertiary/aromatic N) is 2. The van der Waals surface area contributed by atoms with E-state index in [0.29, 0.717) is 24.8 Å². The van der Waals surface area contributed by atoms with Gasteiger partial charge in [-0.15, -0.1) is 10.2 Å². The van der Waals surface area contributed by atoms with Crippen LogP contribution in [0.1, 0.15) is 28.7 Å². The molecule has 7 heteroatoms. The first kappa shape index (κ1) is 15.8. The highest BCUT2D eigenvalue weighted by Gasteiger charge is 2.31. The number of epoxide rings is 1. The first-order valence-corrected chi connectivity index (χ1v) is 7.70. The second-order valence-corrected chi connectivity index (χ2v) is 5.80. The minimum absolute atomic E-state index is 0.122. The summed E-state index contributed by atoms with van der Waals surface area (Å²) in [6.07, 6.45) is -3.99. The summed E-state index contributed by atoms with van der Waals surface area (Å²) in [4.78, 5) is 0. The van der Waals surface area contributed by atoms with E-state index in [1.165, 1.54) is 12.1 Å². The van der Waals surface area contributed by atoms with Gasteiger partial charge in [0.15, 0.2) is 6.10 Å². The van der Waals surface area contributed by atoms with Crippen molar-refractivity contribution in [1.29, 1.82) is 0 Å². The van der Waals surface area contributed by atoms with Gasteiger partial charge in [0.05, 0.1) is 12.2 Å². The Labute approximate surface area is 141 Å². The van der Waals surface area contributed by atoms with Gasteiger partial charge in [-0.1, -0.05) is 30.3 Å². The molecular weight excluding hydrogens is 333 g/mol. The van der Waals surface area contributed by atoms with Gasteiger partial charge < -0.3 is 9.15 Å². The molecule has 1 unspecified atom stereocenters. The molecule has 1 aliphatic heterocycles. The van der Waals surface area contributed by atoms with E-state index in [4.69, 9.17) is 9.15 Å². The highest BCUT2D eigenvalue weighted by atomic mass is 19.4. The molecule has 0 N–H and O–H groups in total. The summed E-state index contributed by atoms with van der Waals surface area (Å²) in [6.45, 7) is 0.578. The summed E-state index contributed by atoms with van der Waals surface area (Å²) in [5, 5.41) is 8.03. The van der Waals surface area contributed by atoms with E-state index >= 15 is 0 Å². The molecule has 3 aromatic rings. The summed E-state index contributed by atoms with van der Waals surface area (Å²) in [5.74, 6) is 0.826. The fourth-order valence-corrected chi connectivity index (χ4v) is 2.58. The van der Waals surface area contributed by atoms with Crippen LogP contribution in [0.2, 0.25) is 0 Å². The van der Waals surface area contributed by atoms with Crippen LogP contribution < -0.4 is 0 Å². The molecule has 2 aromatic carbocycles. The molecule has 128 valence electrons. The molecule has 1 atom stereocenters. The summed E-state index contributed by atoms with van der Waals surface area (Å²) < 4.78 is 48.8. The molecule has 0 saturated carbocycles. The van der Waals surface area contributed by atoms with Gasteiger partial charge in [-0.2, -0.15) is 13.2 Å². The number of benzene rings is 2. The summed E-state index contributed by atoms with van der Waals surface area (Å²) in [7, 11) is 0. The monoisotopic (exact) mass is 346 g/mol. The third kappa shape index (κ3) is 3.41. The topological polar surface area (TPSA) is 51.5 Å². The van der Waals surface area contributed by atoms with Crippen molar-refractivity contribution in [2.75, 3.05) is 6.61 Å².